The van der Waals surface area contributed by atoms with Crippen LogP contribution in [0, 0.1) is 0 Å². The Balaban J connectivity index is 1.97. The number of benzene rings is 1. The van der Waals surface area contributed by atoms with Crippen LogP contribution < -0.4 is 10.1 Å². The van der Waals surface area contributed by atoms with Gasteiger partial charge < -0.3 is 15.2 Å². The van der Waals surface area contributed by atoms with Gasteiger partial charge in [0.15, 0.2) is 6.23 Å². The minimum Gasteiger partial charge on any atom is -0.478 e. The molecule has 1 aliphatic heterocycles. The molecule has 0 fully saturated rings. The van der Waals surface area contributed by atoms with E-state index in [-0.39, 0.29) is 11.8 Å². The van der Waals surface area contributed by atoms with E-state index in [0.29, 0.717) is 0 Å². The molecule has 0 amide bonds. The third-order valence-corrected chi connectivity index (χ3v) is 2.11. The minimum atomic E-state index is -0.957. The minimum absolute atomic E-state index is 0.216. The number of rotatable bonds is 3. The second kappa shape index (κ2) is 4.53. The maximum Gasteiger partial charge on any atom is 0.337 e. The van der Waals surface area contributed by atoms with Crippen LogP contribution in [-0.4, -0.2) is 17.3 Å². The summed E-state index contributed by atoms with van der Waals surface area (Å²) < 4.78 is 5.55. The summed E-state index contributed by atoms with van der Waals surface area (Å²) in [6, 6.07) is 9.33. The fraction of sp³-hybridized carbons (Fsp3) is 0.0833. The van der Waals surface area contributed by atoms with Gasteiger partial charge in [-0.25, -0.2) is 4.79 Å². The first kappa shape index (κ1) is 10.3. The van der Waals surface area contributed by atoms with E-state index in [9.17, 15) is 4.79 Å². The Labute approximate surface area is 92.9 Å². The van der Waals surface area contributed by atoms with E-state index in [1.54, 1.807) is 6.08 Å². The zero-order valence-corrected chi connectivity index (χ0v) is 8.46. The van der Waals surface area contributed by atoms with Gasteiger partial charge in [-0.05, 0) is 24.3 Å². The predicted octanol–water partition coefficient (Wildman–Crippen LogP) is 1.52. The highest BCUT2D eigenvalue weighted by Gasteiger charge is 2.12. The molecule has 0 aromatic heterocycles. The van der Waals surface area contributed by atoms with Crippen molar-refractivity contribution in [3.63, 3.8) is 0 Å². The average Bonchev–Trinajstić information content (AvgIpc) is 2.31. The normalized spacial score (nSPS) is 18.5. The molecule has 1 aromatic carbocycles. The zero-order valence-electron chi connectivity index (χ0n) is 8.46. The van der Waals surface area contributed by atoms with Crippen LogP contribution >= 0.6 is 0 Å². The summed E-state index contributed by atoms with van der Waals surface area (Å²) in [5, 5.41) is 11.6. The Morgan fingerprint density at radius 3 is 2.62 bits per heavy atom. The van der Waals surface area contributed by atoms with Gasteiger partial charge >= 0.3 is 5.97 Å². The maximum atomic E-state index is 10.6. The predicted molar refractivity (Wildman–Crippen MR) is 58.9 cm³/mol. The van der Waals surface area contributed by atoms with Crippen molar-refractivity contribution >= 4 is 5.97 Å². The van der Waals surface area contributed by atoms with E-state index in [1.165, 1.54) is 12.3 Å². The second-order valence-electron chi connectivity index (χ2n) is 3.28. The van der Waals surface area contributed by atoms with Crippen molar-refractivity contribution in [2.45, 2.75) is 6.23 Å². The molecule has 1 unspecified atom stereocenters. The Morgan fingerprint density at radius 2 is 2.06 bits per heavy atom. The molecule has 0 saturated heterocycles. The van der Waals surface area contributed by atoms with Gasteiger partial charge in [-0.2, -0.15) is 0 Å². The third kappa shape index (κ3) is 2.42. The first-order valence-electron chi connectivity index (χ1n) is 4.85. The zero-order chi connectivity index (χ0) is 11.4. The van der Waals surface area contributed by atoms with Crippen LogP contribution in [0.1, 0.15) is 0 Å². The van der Waals surface area contributed by atoms with E-state index in [4.69, 9.17) is 9.84 Å². The van der Waals surface area contributed by atoms with Gasteiger partial charge in [-0.1, -0.05) is 18.2 Å². The molecule has 82 valence electrons. The van der Waals surface area contributed by atoms with E-state index in [0.717, 1.165) is 5.75 Å². The van der Waals surface area contributed by atoms with Crippen LogP contribution in [0.3, 0.4) is 0 Å². The largest absolute Gasteiger partial charge is 0.478 e. The fourth-order valence-corrected chi connectivity index (χ4v) is 1.32. The van der Waals surface area contributed by atoms with Crippen molar-refractivity contribution in [1.29, 1.82) is 0 Å². The molecule has 1 aliphatic rings. The van der Waals surface area contributed by atoms with Crippen LogP contribution in [0.2, 0.25) is 0 Å². The fourth-order valence-electron chi connectivity index (χ4n) is 1.32. The molecular formula is C12H11NO3. The Morgan fingerprint density at radius 1 is 1.31 bits per heavy atom. The molecule has 0 bridgehead atoms. The lowest BCUT2D eigenvalue weighted by Crippen LogP contribution is -2.31. The summed E-state index contributed by atoms with van der Waals surface area (Å²) in [4.78, 5) is 10.6. The molecule has 1 heterocycles. The van der Waals surface area contributed by atoms with Crippen LogP contribution in [0.15, 0.2) is 54.3 Å². The van der Waals surface area contributed by atoms with Gasteiger partial charge in [0.2, 0.25) is 0 Å². The van der Waals surface area contributed by atoms with Crippen LogP contribution in [0.25, 0.3) is 0 Å². The number of nitrogens with one attached hydrogen (secondary N) is 1. The lowest BCUT2D eigenvalue weighted by Gasteiger charge is -2.18. The van der Waals surface area contributed by atoms with E-state index in [2.05, 4.69) is 5.32 Å². The van der Waals surface area contributed by atoms with Crippen molar-refractivity contribution in [1.82, 2.24) is 5.32 Å². The smallest absolute Gasteiger partial charge is 0.337 e. The lowest BCUT2D eigenvalue weighted by atomic mass is 10.2. The summed E-state index contributed by atoms with van der Waals surface area (Å²) >= 11 is 0. The van der Waals surface area contributed by atoms with Crippen molar-refractivity contribution in [2.75, 3.05) is 0 Å². The SMILES string of the molecule is O=C(O)C1=CNC(Oc2ccccc2)C=C1. The maximum absolute atomic E-state index is 10.6. The molecule has 2 N–H and O–H groups in total. The summed E-state index contributed by atoms with van der Waals surface area (Å²) in [5.74, 6) is -0.223. The number of aliphatic carboxylic acids is 1. The standard InChI is InChI=1S/C12H11NO3/c14-12(15)9-6-7-11(13-8-9)16-10-4-2-1-3-5-10/h1-8,11,13H,(H,14,15). The highest BCUT2D eigenvalue weighted by molar-refractivity contribution is 5.89. The van der Waals surface area contributed by atoms with E-state index < -0.39 is 5.97 Å². The summed E-state index contributed by atoms with van der Waals surface area (Å²) in [6.07, 6.45) is 4.28. The van der Waals surface area contributed by atoms with Gasteiger partial charge in [0.05, 0.1) is 5.57 Å². The monoisotopic (exact) mass is 217 g/mol. The molecule has 0 saturated carbocycles. The Bertz CT molecular complexity index is 437. The number of carboxylic acid groups (broad SMARTS) is 1. The van der Waals surface area contributed by atoms with Crippen LogP contribution in [0.5, 0.6) is 5.75 Å². The number of para-hydroxylation sites is 1. The van der Waals surface area contributed by atoms with Gasteiger partial charge in [0.25, 0.3) is 0 Å². The number of hydrogen-bond donors (Lipinski definition) is 2. The summed E-state index contributed by atoms with van der Waals surface area (Å²) in [5.41, 5.74) is 0.216. The number of hydrogen-bond acceptors (Lipinski definition) is 3. The molecule has 4 heteroatoms. The number of carboxylic acids is 1. The molecule has 2 rings (SSSR count). The molecule has 4 nitrogen and oxygen atoms in total. The van der Waals surface area contributed by atoms with Crippen LogP contribution in [0.4, 0.5) is 0 Å². The van der Waals surface area contributed by atoms with Gasteiger partial charge in [-0.15, -0.1) is 0 Å². The first-order chi connectivity index (χ1) is 7.75. The Hall–Kier alpha value is -2.23. The van der Waals surface area contributed by atoms with Crippen LogP contribution in [-0.2, 0) is 4.79 Å². The van der Waals surface area contributed by atoms with E-state index >= 15 is 0 Å². The van der Waals surface area contributed by atoms with Crippen molar-refractivity contribution < 1.29 is 14.6 Å². The molecule has 0 spiro atoms. The van der Waals surface area contributed by atoms with Crippen molar-refractivity contribution in [3.8, 4) is 5.75 Å². The molecule has 1 atom stereocenters. The quantitative estimate of drug-likeness (QED) is 0.805. The molecule has 0 radical (unpaired) electrons. The average molecular weight is 217 g/mol. The van der Waals surface area contributed by atoms with Crippen molar-refractivity contribution in [3.05, 3.63) is 54.3 Å². The highest BCUT2D eigenvalue weighted by atomic mass is 16.5. The topological polar surface area (TPSA) is 58.6 Å². The van der Waals surface area contributed by atoms with Gasteiger partial charge in [0, 0.05) is 6.20 Å². The number of ether oxygens (including phenoxy) is 1. The third-order valence-electron chi connectivity index (χ3n) is 2.11. The number of carbonyl (C=O) groups is 1. The molecule has 0 aliphatic carbocycles. The second-order valence-corrected chi connectivity index (χ2v) is 3.28. The number of dihydropyridines is 1. The Kier molecular flexibility index (Phi) is 2.91. The first-order valence-corrected chi connectivity index (χ1v) is 4.85. The molecular weight excluding hydrogens is 206 g/mol. The van der Waals surface area contributed by atoms with Gasteiger partial charge in [-0.3, -0.25) is 0 Å². The lowest BCUT2D eigenvalue weighted by molar-refractivity contribution is -0.132. The molecule has 16 heavy (non-hydrogen) atoms. The van der Waals surface area contributed by atoms with E-state index in [1.807, 2.05) is 30.3 Å². The molecule has 1 aromatic rings. The van der Waals surface area contributed by atoms with Crippen molar-refractivity contribution in [2.24, 2.45) is 0 Å². The highest BCUT2D eigenvalue weighted by Crippen LogP contribution is 2.12. The summed E-state index contributed by atoms with van der Waals surface area (Å²) in [7, 11) is 0. The van der Waals surface area contributed by atoms with Gasteiger partial charge in [0.1, 0.15) is 5.75 Å². The summed E-state index contributed by atoms with van der Waals surface area (Å²) in [6.45, 7) is 0.